The topological polar surface area (TPSA) is 56.1 Å². The van der Waals surface area contributed by atoms with Gasteiger partial charge in [-0.05, 0) is 29.3 Å². The minimum Gasteiger partial charge on any atom is -0.490 e. The second-order valence-corrected chi connectivity index (χ2v) is 5.78. The molecule has 0 spiro atoms. The van der Waals surface area contributed by atoms with Crippen LogP contribution >= 0.6 is 0 Å². The maximum Gasteiger partial charge on any atom is 0.223 e. The monoisotopic (exact) mass is 353 g/mol. The Kier molecular flexibility index (Phi) is 5.98. The van der Waals surface area contributed by atoms with Crippen molar-refractivity contribution in [3.63, 3.8) is 0 Å². The van der Waals surface area contributed by atoms with E-state index >= 15 is 0 Å². The van der Waals surface area contributed by atoms with Gasteiger partial charge < -0.3 is 10.1 Å². The second kappa shape index (κ2) is 8.80. The summed E-state index contributed by atoms with van der Waals surface area (Å²) in [5, 5.41) is 7.08. The number of benzene rings is 2. The summed E-state index contributed by atoms with van der Waals surface area (Å²) in [4.78, 5) is 12.0. The van der Waals surface area contributed by atoms with Crippen LogP contribution in [-0.2, 0) is 17.9 Å². The van der Waals surface area contributed by atoms with Crippen LogP contribution in [0.4, 0.5) is 4.39 Å². The van der Waals surface area contributed by atoms with Crippen molar-refractivity contribution in [1.82, 2.24) is 15.1 Å². The minimum atomic E-state index is -0.430. The maximum absolute atomic E-state index is 13.5. The molecule has 5 nitrogen and oxygen atoms in total. The van der Waals surface area contributed by atoms with Gasteiger partial charge in [-0.1, -0.05) is 36.4 Å². The molecular weight excluding hydrogens is 333 g/mol. The lowest BCUT2D eigenvalue weighted by Crippen LogP contribution is -2.25. The zero-order valence-electron chi connectivity index (χ0n) is 14.3. The van der Waals surface area contributed by atoms with Crippen molar-refractivity contribution >= 4 is 5.91 Å². The van der Waals surface area contributed by atoms with Gasteiger partial charge in [-0.25, -0.2) is 4.39 Å². The van der Waals surface area contributed by atoms with Gasteiger partial charge in [0.1, 0.15) is 0 Å². The van der Waals surface area contributed by atoms with Crippen LogP contribution in [0.1, 0.15) is 17.5 Å². The average molecular weight is 353 g/mol. The van der Waals surface area contributed by atoms with Gasteiger partial charge in [-0.15, -0.1) is 0 Å². The fraction of sp³-hybridized carbons (Fsp3) is 0.200. The Bertz CT molecular complexity index is 850. The molecule has 6 heteroatoms. The van der Waals surface area contributed by atoms with Crippen molar-refractivity contribution in [2.24, 2.45) is 0 Å². The first-order chi connectivity index (χ1) is 12.7. The smallest absolute Gasteiger partial charge is 0.223 e. The first-order valence-corrected chi connectivity index (χ1v) is 8.40. The number of carbonyl (C=O) groups is 1. The molecule has 0 aliphatic carbocycles. The largest absolute Gasteiger partial charge is 0.490 e. The van der Waals surface area contributed by atoms with E-state index in [9.17, 15) is 9.18 Å². The Morgan fingerprint density at radius 1 is 1.08 bits per heavy atom. The van der Waals surface area contributed by atoms with E-state index in [1.54, 1.807) is 24.4 Å². The van der Waals surface area contributed by atoms with Gasteiger partial charge in [-0.2, -0.15) is 5.10 Å². The number of para-hydroxylation sites is 1. The summed E-state index contributed by atoms with van der Waals surface area (Å²) in [6, 6.07) is 15.9. The van der Waals surface area contributed by atoms with E-state index in [-0.39, 0.29) is 24.7 Å². The number of amides is 1. The Hall–Kier alpha value is -3.15. The first kappa shape index (κ1) is 17.7. The third kappa shape index (κ3) is 4.92. The van der Waals surface area contributed by atoms with Gasteiger partial charge in [0.05, 0.1) is 19.6 Å². The number of halogens is 1. The molecule has 0 saturated carbocycles. The summed E-state index contributed by atoms with van der Waals surface area (Å²) < 4.78 is 20.6. The zero-order chi connectivity index (χ0) is 18.2. The molecule has 134 valence electrons. The summed E-state index contributed by atoms with van der Waals surface area (Å²) in [5.41, 5.74) is 2.13. The highest BCUT2D eigenvalue weighted by atomic mass is 19.1. The van der Waals surface area contributed by atoms with Crippen LogP contribution in [0.3, 0.4) is 0 Å². The van der Waals surface area contributed by atoms with E-state index in [1.807, 2.05) is 41.2 Å². The predicted octanol–water partition coefficient (Wildman–Crippen LogP) is 3.16. The van der Waals surface area contributed by atoms with Crippen LogP contribution in [0, 0.1) is 5.82 Å². The van der Waals surface area contributed by atoms with Crippen LogP contribution in [0.2, 0.25) is 0 Å². The second-order valence-electron chi connectivity index (χ2n) is 5.78. The lowest BCUT2D eigenvalue weighted by Gasteiger charge is -2.11. The van der Waals surface area contributed by atoms with Crippen molar-refractivity contribution in [1.29, 1.82) is 0 Å². The molecule has 0 unspecified atom stereocenters. The molecule has 2 aromatic carbocycles. The number of carbonyl (C=O) groups excluding carboxylic acids is 1. The summed E-state index contributed by atoms with van der Waals surface area (Å²) in [5.74, 6) is -0.416. The summed E-state index contributed by atoms with van der Waals surface area (Å²) in [7, 11) is 0. The molecule has 0 aliphatic heterocycles. The third-order valence-corrected chi connectivity index (χ3v) is 3.91. The maximum atomic E-state index is 13.5. The van der Waals surface area contributed by atoms with Gasteiger partial charge in [0.2, 0.25) is 5.91 Å². The summed E-state index contributed by atoms with van der Waals surface area (Å²) in [6.45, 7) is 1.20. The molecule has 0 saturated heterocycles. The van der Waals surface area contributed by atoms with Crippen LogP contribution in [0.15, 0.2) is 67.0 Å². The molecule has 3 aromatic rings. The van der Waals surface area contributed by atoms with E-state index in [1.165, 1.54) is 6.07 Å². The van der Waals surface area contributed by atoms with Gasteiger partial charge in [0, 0.05) is 18.9 Å². The molecule has 0 fully saturated rings. The van der Waals surface area contributed by atoms with Gasteiger partial charge in [0.15, 0.2) is 11.6 Å². The number of aromatic nitrogens is 2. The molecule has 1 heterocycles. The van der Waals surface area contributed by atoms with Gasteiger partial charge in [-0.3, -0.25) is 9.48 Å². The predicted molar refractivity (Wildman–Crippen MR) is 96.1 cm³/mol. The molecule has 1 amide bonds. The minimum absolute atomic E-state index is 0.127. The molecule has 3 rings (SSSR count). The Morgan fingerprint density at radius 2 is 1.85 bits per heavy atom. The van der Waals surface area contributed by atoms with E-state index in [4.69, 9.17) is 4.74 Å². The number of rotatable bonds is 8. The highest BCUT2D eigenvalue weighted by Gasteiger charge is 2.07. The van der Waals surface area contributed by atoms with Crippen LogP contribution in [-0.4, -0.2) is 22.3 Å². The van der Waals surface area contributed by atoms with Crippen LogP contribution in [0.5, 0.6) is 5.75 Å². The Labute approximate surface area is 151 Å². The van der Waals surface area contributed by atoms with Crippen molar-refractivity contribution in [3.8, 4) is 5.75 Å². The van der Waals surface area contributed by atoms with Gasteiger partial charge >= 0.3 is 0 Å². The normalized spacial score (nSPS) is 10.5. The fourth-order valence-electron chi connectivity index (χ4n) is 2.55. The molecule has 1 N–H and O–H groups in total. The van der Waals surface area contributed by atoms with Gasteiger partial charge in [0.25, 0.3) is 0 Å². The van der Waals surface area contributed by atoms with Crippen LogP contribution < -0.4 is 10.1 Å². The molecule has 1 aromatic heterocycles. The standard InChI is InChI=1S/C20H20FN3O2/c21-18-8-3-4-9-19(18)26-13-10-20(25)22-14-16-6-1-2-7-17(16)15-24-12-5-11-23-24/h1-9,11-12H,10,13-15H2,(H,22,25). The number of nitrogens with one attached hydrogen (secondary N) is 1. The average Bonchev–Trinajstić information content (AvgIpc) is 3.16. The molecule has 0 atom stereocenters. The lowest BCUT2D eigenvalue weighted by molar-refractivity contribution is -0.121. The quantitative estimate of drug-likeness (QED) is 0.677. The molecular formula is C20H20FN3O2. The number of ether oxygens (including phenoxy) is 1. The van der Waals surface area contributed by atoms with Crippen molar-refractivity contribution in [3.05, 3.63) is 83.9 Å². The Morgan fingerprint density at radius 3 is 2.62 bits per heavy atom. The Balaban J connectivity index is 1.48. The SMILES string of the molecule is O=C(CCOc1ccccc1F)NCc1ccccc1Cn1cccn1. The zero-order valence-corrected chi connectivity index (χ0v) is 14.3. The molecule has 0 radical (unpaired) electrons. The first-order valence-electron chi connectivity index (χ1n) is 8.40. The number of hydrogen-bond donors (Lipinski definition) is 1. The van der Waals surface area contributed by atoms with Crippen molar-refractivity contribution in [2.75, 3.05) is 6.61 Å². The van der Waals surface area contributed by atoms with Crippen molar-refractivity contribution in [2.45, 2.75) is 19.5 Å². The number of nitrogens with zero attached hydrogens (tertiary/aromatic N) is 2. The highest BCUT2D eigenvalue weighted by molar-refractivity contribution is 5.76. The van der Waals surface area contributed by atoms with Crippen molar-refractivity contribution < 1.29 is 13.9 Å². The third-order valence-electron chi connectivity index (χ3n) is 3.91. The molecule has 0 aliphatic rings. The molecule has 26 heavy (non-hydrogen) atoms. The number of hydrogen-bond acceptors (Lipinski definition) is 3. The molecule has 0 bridgehead atoms. The summed E-state index contributed by atoms with van der Waals surface area (Å²) >= 11 is 0. The van der Waals surface area contributed by atoms with Crippen LogP contribution in [0.25, 0.3) is 0 Å². The summed E-state index contributed by atoms with van der Waals surface area (Å²) in [6.07, 6.45) is 3.80. The fourth-order valence-corrected chi connectivity index (χ4v) is 2.55. The van der Waals surface area contributed by atoms with E-state index < -0.39 is 5.82 Å². The van der Waals surface area contributed by atoms with E-state index in [0.717, 1.165) is 11.1 Å². The van der Waals surface area contributed by atoms with E-state index in [2.05, 4.69) is 10.4 Å². The van der Waals surface area contributed by atoms with E-state index in [0.29, 0.717) is 13.1 Å². The lowest BCUT2D eigenvalue weighted by atomic mass is 10.1. The highest BCUT2D eigenvalue weighted by Crippen LogP contribution is 2.15.